The van der Waals surface area contributed by atoms with Crippen molar-refractivity contribution in [1.29, 1.82) is 5.26 Å². The predicted octanol–water partition coefficient (Wildman–Crippen LogP) is 2.67. The molecule has 0 aliphatic carbocycles. The van der Waals surface area contributed by atoms with Crippen LogP contribution in [-0.4, -0.2) is 59.5 Å². The first-order valence-corrected chi connectivity index (χ1v) is 11.9. The zero-order valence-corrected chi connectivity index (χ0v) is 19.0. The van der Waals surface area contributed by atoms with Crippen molar-refractivity contribution in [3.05, 3.63) is 65.7 Å². The van der Waals surface area contributed by atoms with E-state index in [4.69, 9.17) is 16.7 Å². The minimum atomic E-state index is -3.83. The molecular formula is C22H20ClN5O4S. The van der Waals surface area contributed by atoms with Crippen LogP contribution in [0.5, 0.6) is 0 Å². The largest absolute Gasteiger partial charge is 0.480 e. The minimum absolute atomic E-state index is 0.0252. The summed E-state index contributed by atoms with van der Waals surface area (Å²) in [5.74, 6) is -1.05. The van der Waals surface area contributed by atoms with Gasteiger partial charge in [-0.05, 0) is 35.9 Å². The van der Waals surface area contributed by atoms with Crippen LogP contribution in [0.4, 0.5) is 5.69 Å². The van der Waals surface area contributed by atoms with E-state index in [2.05, 4.69) is 9.88 Å². The number of piperazine rings is 1. The van der Waals surface area contributed by atoms with Gasteiger partial charge in [0.2, 0.25) is 10.0 Å². The molecule has 1 fully saturated rings. The van der Waals surface area contributed by atoms with Crippen LogP contribution in [0.15, 0.2) is 60.0 Å². The van der Waals surface area contributed by atoms with Crippen molar-refractivity contribution in [3.8, 4) is 17.2 Å². The highest BCUT2D eigenvalue weighted by atomic mass is 35.5. The second-order valence-corrected chi connectivity index (χ2v) is 9.91. The third-order valence-corrected chi connectivity index (χ3v) is 7.50. The van der Waals surface area contributed by atoms with Crippen molar-refractivity contribution in [2.45, 2.75) is 11.4 Å². The molecule has 0 saturated carbocycles. The summed E-state index contributed by atoms with van der Waals surface area (Å²) < 4.78 is 29.5. The minimum Gasteiger partial charge on any atom is -0.480 e. The molecule has 0 amide bonds. The van der Waals surface area contributed by atoms with Gasteiger partial charge in [0.15, 0.2) is 0 Å². The SMILES string of the molecule is N#Cc1cn(CC(=O)O)cc1-c1cc(Cl)cc(S(=O)(=O)N2CCN(c3ccncc3)CC2)c1. The Morgan fingerprint density at radius 1 is 1.12 bits per heavy atom. The van der Waals surface area contributed by atoms with E-state index in [1.54, 1.807) is 18.5 Å². The lowest BCUT2D eigenvalue weighted by atomic mass is 10.1. The lowest BCUT2D eigenvalue weighted by molar-refractivity contribution is -0.137. The quantitative estimate of drug-likeness (QED) is 0.570. The average Bonchev–Trinajstić information content (AvgIpc) is 3.21. The Labute approximate surface area is 196 Å². The van der Waals surface area contributed by atoms with Gasteiger partial charge in [-0.1, -0.05) is 11.6 Å². The summed E-state index contributed by atoms with van der Waals surface area (Å²) in [6.45, 7) is 1.37. The zero-order chi connectivity index (χ0) is 23.6. The maximum Gasteiger partial charge on any atom is 0.323 e. The average molecular weight is 486 g/mol. The molecule has 1 saturated heterocycles. The fourth-order valence-corrected chi connectivity index (χ4v) is 5.63. The maximum atomic E-state index is 13.4. The number of anilines is 1. The molecule has 0 spiro atoms. The summed E-state index contributed by atoms with van der Waals surface area (Å²) in [4.78, 5) is 17.2. The molecule has 11 heteroatoms. The summed E-state index contributed by atoms with van der Waals surface area (Å²) >= 11 is 6.25. The van der Waals surface area contributed by atoms with Crippen LogP contribution in [-0.2, 0) is 21.4 Å². The van der Waals surface area contributed by atoms with Crippen LogP contribution in [0.25, 0.3) is 11.1 Å². The molecule has 1 N–H and O–H groups in total. The molecule has 0 radical (unpaired) electrons. The fourth-order valence-electron chi connectivity index (χ4n) is 3.83. The monoisotopic (exact) mass is 485 g/mol. The molecular weight excluding hydrogens is 466 g/mol. The summed E-state index contributed by atoms with van der Waals surface area (Å²) in [6.07, 6.45) is 6.31. The topological polar surface area (TPSA) is 120 Å². The number of sulfonamides is 1. The Morgan fingerprint density at radius 3 is 2.45 bits per heavy atom. The molecule has 9 nitrogen and oxygen atoms in total. The second-order valence-electron chi connectivity index (χ2n) is 7.54. The van der Waals surface area contributed by atoms with Gasteiger partial charge in [-0.25, -0.2) is 8.42 Å². The van der Waals surface area contributed by atoms with Crippen LogP contribution in [0.1, 0.15) is 5.56 Å². The molecule has 2 aromatic heterocycles. The number of nitriles is 1. The van der Waals surface area contributed by atoms with E-state index in [1.165, 1.54) is 33.4 Å². The Bertz CT molecular complexity index is 1330. The van der Waals surface area contributed by atoms with Crippen LogP contribution in [0.2, 0.25) is 5.02 Å². The Kier molecular flexibility index (Phi) is 6.37. The van der Waals surface area contributed by atoms with Gasteiger partial charge in [0.25, 0.3) is 0 Å². The van der Waals surface area contributed by atoms with Crippen LogP contribution >= 0.6 is 11.6 Å². The maximum absolute atomic E-state index is 13.4. The van der Waals surface area contributed by atoms with Gasteiger partial charge in [-0.15, -0.1) is 0 Å². The molecule has 0 atom stereocenters. The second kappa shape index (κ2) is 9.23. The highest BCUT2D eigenvalue weighted by Crippen LogP contribution is 2.31. The van der Waals surface area contributed by atoms with Crippen LogP contribution < -0.4 is 4.90 Å². The molecule has 0 bridgehead atoms. The summed E-state index contributed by atoms with van der Waals surface area (Å²) in [5, 5.41) is 18.7. The van der Waals surface area contributed by atoms with Crippen molar-refractivity contribution >= 4 is 33.3 Å². The van der Waals surface area contributed by atoms with E-state index in [-0.39, 0.29) is 22.0 Å². The van der Waals surface area contributed by atoms with Gasteiger partial charge in [0, 0.05) is 67.2 Å². The zero-order valence-electron chi connectivity index (χ0n) is 17.4. The molecule has 170 valence electrons. The first-order valence-electron chi connectivity index (χ1n) is 10.1. The normalized spacial score (nSPS) is 14.7. The number of carboxylic acids is 1. The number of hydrogen-bond acceptors (Lipinski definition) is 6. The lowest BCUT2D eigenvalue weighted by Gasteiger charge is -2.35. The number of pyridine rings is 1. The van der Waals surface area contributed by atoms with E-state index >= 15 is 0 Å². The number of rotatable bonds is 6. The van der Waals surface area contributed by atoms with E-state index in [1.807, 2.05) is 18.2 Å². The smallest absolute Gasteiger partial charge is 0.323 e. The molecule has 4 rings (SSSR count). The third kappa shape index (κ3) is 4.85. The molecule has 1 aromatic carbocycles. The first kappa shape index (κ1) is 22.8. The third-order valence-electron chi connectivity index (χ3n) is 5.40. The van der Waals surface area contributed by atoms with Crippen molar-refractivity contribution in [1.82, 2.24) is 13.9 Å². The number of halogens is 1. The van der Waals surface area contributed by atoms with Gasteiger partial charge in [0.05, 0.1) is 10.5 Å². The Hall–Kier alpha value is -3.39. The molecule has 0 unspecified atom stereocenters. The van der Waals surface area contributed by atoms with Crippen molar-refractivity contribution < 1.29 is 18.3 Å². The molecule has 3 aromatic rings. The summed E-state index contributed by atoms with van der Waals surface area (Å²) in [5.41, 5.74) is 2.06. The Balaban J connectivity index is 1.61. The van der Waals surface area contributed by atoms with Gasteiger partial charge in [-0.3, -0.25) is 9.78 Å². The van der Waals surface area contributed by atoms with Gasteiger partial charge < -0.3 is 14.6 Å². The first-order chi connectivity index (χ1) is 15.8. The predicted molar refractivity (Wildman–Crippen MR) is 122 cm³/mol. The van der Waals surface area contributed by atoms with Gasteiger partial charge in [0.1, 0.15) is 12.6 Å². The molecule has 33 heavy (non-hydrogen) atoms. The van der Waals surface area contributed by atoms with Crippen molar-refractivity contribution in [2.75, 3.05) is 31.1 Å². The number of nitrogens with zero attached hydrogens (tertiary/aromatic N) is 5. The number of aromatic nitrogens is 2. The molecule has 1 aliphatic heterocycles. The number of hydrogen-bond donors (Lipinski definition) is 1. The van der Waals surface area contributed by atoms with E-state index in [9.17, 15) is 18.5 Å². The van der Waals surface area contributed by atoms with Crippen LogP contribution in [0, 0.1) is 11.3 Å². The number of benzene rings is 1. The highest BCUT2D eigenvalue weighted by molar-refractivity contribution is 7.89. The van der Waals surface area contributed by atoms with Crippen LogP contribution in [0.3, 0.4) is 0 Å². The van der Waals surface area contributed by atoms with Gasteiger partial charge >= 0.3 is 5.97 Å². The standard InChI is InChI=1S/C22H20ClN5O4S/c23-18-9-16(21-14-26(15-22(29)30)13-17(21)12-24)10-20(11-18)33(31,32)28-7-5-27(6-8-28)19-1-3-25-4-2-19/h1-4,9-11,13-14H,5-8,15H2,(H,29,30). The number of carboxylic acid groups (broad SMARTS) is 1. The van der Waals surface area contributed by atoms with E-state index in [0.717, 1.165) is 5.69 Å². The molecule has 3 heterocycles. The van der Waals surface area contributed by atoms with E-state index < -0.39 is 16.0 Å². The van der Waals surface area contributed by atoms with Gasteiger partial charge in [-0.2, -0.15) is 9.57 Å². The highest BCUT2D eigenvalue weighted by Gasteiger charge is 2.29. The van der Waals surface area contributed by atoms with E-state index in [0.29, 0.717) is 37.3 Å². The van der Waals surface area contributed by atoms with Crippen molar-refractivity contribution in [3.63, 3.8) is 0 Å². The summed E-state index contributed by atoms with van der Waals surface area (Å²) in [7, 11) is -3.83. The number of carbonyl (C=O) groups is 1. The molecule has 1 aliphatic rings. The van der Waals surface area contributed by atoms with Crippen molar-refractivity contribution in [2.24, 2.45) is 0 Å². The summed E-state index contributed by atoms with van der Waals surface area (Å²) in [6, 6.07) is 10.2. The fraction of sp³-hybridized carbons (Fsp3) is 0.227. The number of aliphatic carboxylic acids is 1. The Morgan fingerprint density at radius 2 is 1.82 bits per heavy atom. The lowest BCUT2D eigenvalue weighted by Crippen LogP contribution is -2.48.